The first-order valence-electron chi connectivity index (χ1n) is 18.9. The first-order valence-corrected chi connectivity index (χ1v) is 22.6. The van der Waals surface area contributed by atoms with Gasteiger partial charge in [0.1, 0.15) is 5.75 Å². The molecule has 1 aromatic heterocycles. The van der Waals surface area contributed by atoms with Crippen LogP contribution in [-0.4, -0.2) is 52.1 Å². The fourth-order valence-electron chi connectivity index (χ4n) is 7.94. The van der Waals surface area contributed by atoms with Crippen molar-refractivity contribution in [2.24, 2.45) is 11.8 Å². The van der Waals surface area contributed by atoms with Crippen LogP contribution in [0.2, 0.25) is 18.1 Å². The van der Waals surface area contributed by atoms with E-state index in [4.69, 9.17) is 14.1 Å². The van der Waals surface area contributed by atoms with Gasteiger partial charge in [-0.15, -0.1) is 0 Å². The van der Waals surface area contributed by atoms with Gasteiger partial charge in [-0.25, -0.2) is 4.98 Å². The molecule has 2 saturated carbocycles. The molecule has 0 atom stereocenters. The third-order valence-corrected chi connectivity index (χ3v) is 17.7. The van der Waals surface area contributed by atoms with Gasteiger partial charge in [-0.2, -0.15) is 0 Å². The summed E-state index contributed by atoms with van der Waals surface area (Å²) >= 11 is 1.78. The highest BCUT2D eigenvalue weighted by atomic mass is 32.1. The van der Waals surface area contributed by atoms with E-state index in [1.807, 2.05) is 6.20 Å². The second-order valence-electron chi connectivity index (χ2n) is 16.5. The van der Waals surface area contributed by atoms with Crippen LogP contribution in [0.5, 0.6) is 5.75 Å². The monoisotopic (exact) mass is 701 g/mol. The largest absolute Gasteiger partial charge is 0.496 e. The lowest BCUT2D eigenvalue weighted by Crippen LogP contribution is -2.46. The number of rotatable bonds is 10. The van der Waals surface area contributed by atoms with Crippen LogP contribution in [0.3, 0.4) is 0 Å². The number of nitrogens with zero attached hydrogens (tertiary/aromatic N) is 3. The Bertz CT molecular complexity index is 1560. The second-order valence-corrected chi connectivity index (χ2v) is 22.3. The topological polar surface area (TPSA) is 54.9 Å². The zero-order valence-corrected chi connectivity index (χ0v) is 32.9. The van der Waals surface area contributed by atoms with Gasteiger partial charge in [-0.3, -0.25) is 4.79 Å². The van der Waals surface area contributed by atoms with Crippen LogP contribution in [0.4, 0.5) is 10.8 Å². The highest BCUT2D eigenvalue weighted by molar-refractivity contribution is 7.18. The number of carbonyl (C=O) groups excluding carboxylic acids is 1. The van der Waals surface area contributed by atoms with E-state index in [-0.39, 0.29) is 17.1 Å². The van der Waals surface area contributed by atoms with E-state index in [1.54, 1.807) is 18.4 Å². The summed E-state index contributed by atoms with van der Waals surface area (Å²) in [5, 5.41) is 1.31. The summed E-state index contributed by atoms with van der Waals surface area (Å²) < 4.78 is 12.3. The number of hydrogen-bond donors (Lipinski definition) is 0. The third kappa shape index (κ3) is 8.45. The summed E-state index contributed by atoms with van der Waals surface area (Å²) in [6.45, 7) is 16.7. The maximum atomic E-state index is 14.6. The minimum Gasteiger partial charge on any atom is -0.496 e. The molecule has 0 unspecified atom stereocenters. The van der Waals surface area contributed by atoms with Crippen molar-refractivity contribution in [2.45, 2.75) is 122 Å². The van der Waals surface area contributed by atoms with E-state index in [0.29, 0.717) is 17.7 Å². The molecule has 49 heavy (non-hydrogen) atoms. The van der Waals surface area contributed by atoms with Crippen molar-refractivity contribution < 1.29 is 14.0 Å². The number of thiazole rings is 1. The zero-order chi connectivity index (χ0) is 34.8. The quantitative estimate of drug-likeness (QED) is 0.197. The molecule has 3 aromatic rings. The van der Waals surface area contributed by atoms with Gasteiger partial charge in [0.25, 0.3) is 0 Å². The molecule has 6 nitrogen and oxygen atoms in total. The van der Waals surface area contributed by atoms with Gasteiger partial charge in [0.05, 0.1) is 12.0 Å². The van der Waals surface area contributed by atoms with Gasteiger partial charge in [0.15, 0.2) is 13.4 Å². The van der Waals surface area contributed by atoms with E-state index in [9.17, 15) is 4.79 Å². The minimum absolute atomic E-state index is 0.0479. The van der Waals surface area contributed by atoms with Crippen LogP contribution in [0.1, 0.15) is 102 Å². The minimum atomic E-state index is -1.84. The number of ether oxygens (including phenoxy) is 1. The van der Waals surface area contributed by atoms with Crippen molar-refractivity contribution in [1.82, 2.24) is 4.98 Å². The summed E-state index contributed by atoms with van der Waals surface area (Å²) in [5.41, 5.74) is 4.82. The number of amides is 1. The fourth-order valence-corrected chi connectivity index (χ4v) is 10.3. The molecular weight excluding hydrogens is 643 g/mol. The Balaban J connectivity index is 1.18. The van der Waals surface area contributed by atoms with E-state index < -0.39 is 8.32 Å². The first kappa shape index (κ1) is 36.1. The summed E-state index contributed by atoms with van der Waals surface area (Å²) in [4.78, 5) is 25.1. The van der Waals surface area contributed by atoms with Crippen molar-refractivity contribution in [3.8, 4) is 16.2 Å². The second kappa shape index (κ2) is 15.3. The van der Waals surface area contributed by atoms with E-state index in [0.717, 1.165) is 93.1 Å². The standard InChI is InChI=1S/C41H59N3O3SSi/c1-29-25-33(19-22-37(29)46-5)31-15-13-30(14-16-31)28-44(39(45)32-17-20-36(21-18-32)47-49(6,7)41(2,3)4)35-12-10-11-34(26-35)38-27-42-40(48-38)43-23-8-9-24-43/h10-12,19,22,25-27,30-32,36H,8-9,13-18,20-21,23-24,28H2,1-7H3. The molecule has 0 N–H and O–H groups in total. The van der Waals surface area contributed by atoms with Gasteiger partial charge >= 0.3 is 0 Å². The number of hydrogen-bond acceptors (Lipinski definition) is 6. The van der Waals surface area contributed by atoms with Crippen LogP contribution < -0.4 is 14.5 Å². The Kier molecular flexibility index (Phi) is 11.3. The molecule has 3 aliphatic rings. The molecule has 2 aromatic carbocycles. The van der Waals surface area contributed by atoms with Gasteiger partial charge in [0.2, 0.25) is 5.91 Å². The van der Waals surface area contributed by atoms with Gasteiger partial charge in [0, 0.05) is 43.5 Å². The van der Waals surface area contributed by atoms with Crippen molar-refractivity contribution in [3.05, 3.63) is 59.8 Å². The number of benzene rings is 2. The molecule has 0 spiro atoms. The van der Waals surface area contributed by atoms with Crippen molar-refractivity contribution >= 4 is 36.4 Å². The molecule has 0 radical (unpaired) electrons. The smallest absolute Gasteiger partial charge is 0.230 e. The predicted molar refractivity (Wildman–Crippen MR) is 208 cm³/mol. The molecule has 266 valence electrons. The molecule has 0 bridgehead atoms. The maximum absolute atomic E-state index is 14.6. The zero-order valence-electron chi connectivity index (χ0n) is 31.1. The Morgan fingerprint density at radius 3 is 2.35 bits per heavy atom. The highest BCUT2D eigenvalue weighted by Crippen LogP contribution is 2.42. The van der Waals surface area contributed by atoms with Crippen LogP contribution >= 0.6 is 11.3 Å². The Hall–Kier alpha value is -2.68. The van der Waals surface area contributed by atoms with E-state index in [2.05, 4.69) is 93.1 Å². The Labute approximate surface area is 300 Å². The van der Waals surface area contributed by atoms with E-state index >= 15 is 0 Å². The van der Waals surface area contributed by atoms with Gasteiger partial charge < -0.3 is 19.0 Å². The van der Waals surface area contributed by atoms with E-state index in [1.165, 1.54) is 28.8 Å². The molecule has 8 heteroatoms. The number of aryl methyl sites for hydroxylation is 1. The molecule has 2 heterocycles. The molecule has 1 saturated heterocycles. The van der Waals surface area contributed by atoms with Crippen LogP contribution in [0.15, 0.2) is 48.7 Å². The normalized spacial score (nSPS) is 23.4. The predicted octanol–water partition coefficient (Wildman–Crippen LogP) is 10.6. The summed E-state index contributed by atoms with van der Waals surface area (Å²) in [7, 11) is -0.0944. The first-order chi connectivity index (χ1) is 23.4. The van der Waals surface area contributed by atoms with Gasteiger partial charge in [-0.05, 0) is 136 Å². The lowest BCUT2D eigenvalue weighted by molar-refractivity contribution is -0.124. The summed E-state index contributed by atoms with van der Waals surface area (Å²) in [6.07, 6.45) is 13.2. The maximum Gasteiger partial charge on any atom is 0.230 e. The average Bonchev–Trinajstić information content (AvgIpc) is 3.80. The van der Waals surface area contributed by atoms with Crippen molar-refractivity contribution in [1.29, 1.82) is 0 Å². The lowest BCUT2D eigenvalue weighted by Gasteiger charge is -2.41. The molecule has 2 aliphatic carbocycles. The number of anilines is 2. The SMILES string of the molecule is COc1ccc(C2CCC(CN(C(=O)C3CCC(O[Si](C)(C)C(C)(C)C)CC3)c3cccc(-c4cnc(N5CCCC5)s4)c3)CC2)cc1C. The molecule has 6 rings (SSSR count). The summed E-state index contributed by atoms with van der Waals surface area (Å²) in [6, 6.07) is 15.4. The number of methoxy groups -OCH3 is 1. The summed E-state index contributed by atoms with van der Waals surface area (Å²) in [5.74, 6) is 2.37. The number of carbonyl (C=O) groups is 1. The third-order valence-electron chi connectivity index (χ3n) is 12.0. The number of aromatic nitrogens is 1. The molecule has 3 fully saturated rings. The lowest BCUT2D eigenvalue weighted by atomic mass is 9.78. The molecule has 1 aliphatic heterocycles. The highest BCUT2D eigenvalue weighted by Gasteiger charge is 2.41. The fraction of sp³-hybridized carbons (Fsp3) is 0.610. The molecule has 1 amide bonds. The van der Waals surface area contributed by atoms with Crippen molar-refractivity contribution in [3.63, 3.8) is 0 Å². The molecular formula is C41H59N3O3SSi. The van der Waals surface area contributed by atoms with Crippen molar-refractivity contribution in [2.75, 3.05) is 36.5 Å². The average molecular weight is 702 g/mol. The van der Waals surface area contributed by atoms with Crippen LogP contribution in [0, 0.1) is 18.8 Å². The Morgan fingerprint density at radius 1 is 0.980 bits per heavy atom. The van der Waals surface area contributed by atoms with Crippen LogP contribution in [0.25, 0.3) is 10.4 Å². The van der Waals surface area contributed by atoms with Gasteiger partial charge in [-0.1, -0.05) is 56.4 Å². The Morgan fingerprint density at radius 2 is 1.69 bits per heavy atom. The van der Waals surface area contributed by atoms with Crippen LogP contribution in [-0.2, 0) is 9.22 Å².